The number of nitrogens with zero attached hydrogens (tertiary/aromatic N) is 1. The van der Waals surface area contributed by atoms with Crippen molar-refractivity contribution in [3.8, 4) is 0 Å². The molecule has 4 nitrogen and oxygen atoms in total. The summed E-state index contributed by atoms with van der Waals surface area (Å²) >= 11 is 0. The van der Waals surface area contributed by atoms with Crippen LogP contribution in [0.15, 0.2) is 90.1 Å². The minimum Gasteiger partial charge on any atom is -0.357 e. The Bertz CT molecular complexity index is 1300. The van der Waals surface area contributed by atoms with Gasteiger partial charge in [0.05, 0.1) is 17.4 Å². The molecule has 0 fully saturated rings. The lowest BCUT2D eigenvalue weighted by Gasteiger charge is -2.35. The molecule has 5 heteroatoms. The highest BCUT2D eigenvalue weighted by molar-refractivity contribution is 6.06. The van der Waals surface area contributed by atoms with Gasteiger partial charge in [-0.2, -0.15) is 0 Å². The molecule has 184 valence electrons. The predicted molar refractivity (Wildman–Crippen MR) is 141 cm³/mol. The number of unbranched alkanes of at least 4 members (excludes halogenated alkanes) is 2. The highest BCUT2D eigenvalue weighted by atomic mass is 19.1. The first-order valence-corrected chi connectivity index (χ1v) is 12.8. The van der Waals surface area contributed by atoms with E-state index in [-0.39, 0.29) is 17.6 Å². The van der Waals surface area contributed by atoms with E-state index < -0.39 is 11.9 Å². The van der Waals surface area contributed by atoms with Gasteiger partial charge >= 0.3 is 0 Å². The molecule has 2 atom stereocenters. The Morgan fingerprint density at radius 1 is 0.944 bits per heavy atom. The number of para-hydroxylation sites is 2. The number of anilines is 2. The molecule has 5 rings (SSSR count). The quantitative estimate of drug-likeness (QED) is 0.375. The third-order valence-corrected chi connectivity index (χ3v) is 7.22. The van der Waals surface area contributed by atoms with Gasteiger partial charge in [-0.3, -0.25) is 14.5 Å². The summed E-state index contributed by atoms with van der Waals surface area (Å²) in [5.74, 6) is -0.550. The van der Waals surface area contributed by atoms with Gasteiger partial charge in [0.2, 0.25) is 5.91 Å². The lowest BCUT2D eigenvalue weighted by atomic mass is 9.78. The van der Waals surface area contributed by atoms with Crippen LogP contribution in [0.5, 0.6) is 0 Å². The topological polar surface area (TPSA) is 49.4 Å². The molecule has 0 bridgehead atoms. The molecule has 1 N–H and O–H groups in total. The summed E-state index contributed by atoms with van der Waals surface area (Å²) in [6.07, 6.45) is 3.97. The van der Waals surface area contributed by atoms with Gasteiger partial charge in [-0.25, -0.2) is 4.39 Å². The van der Waals surface area contributed by atoms with Crippen LogP contribution in [0.3, 0.4) is 0 Å². The number of benzene rings is 3. The Morgan fingerprint density at radius 2 is 1.67 bits per heavy atom. The third-order valence-electron chi connectivity index (χ3n) is 7.22. The zero-order chi connectivity index (χ0) is 25.1. The second kappa shape index (κ2) is 10.5. The molecule has 1 amide bonds. The lowest BCUT2D eigenvalue weighted by Crippen LogP contribution is -2.38. The van der Waals surface area contributed by atoms with Crippen LogP contribution in [0.2, 0.25) is 0 Å². The molecular formula is C31H31FN2O2. The highest BCUT2D eigenvalue weighted by Gasteiger charge is 2.42. The summed E-state index contributed by atoms with van der Waals surface area (Å²) in [5, 5.41) is 3.51. The molecule has 0 saturated carbocycles. The van der Waals surface area contributed by atoms with Gasteiger partial charge in [0, 0.05) is 29.7 Å². The minimum absolute atomic E-state index is 0.0187. The maximum atomic E-state index is 15.4. The molecule has 3 aromatic rings. The number of fused-ring (bicyclic) bond motifs is 1. The number of carbonyl (C=O) groups is 2. The normalized spacial score (nSPS) is 19.3. The second-order valence-electron chi connectivity index (χ2n) is 9.62. The van der Waals surface area contributed by atoms with E-state index in [1.54, 1.807) is 23.1 Å². The first-order valence-electron chi connectivity index (χ1n) is 12.8. The molecule has 0 radical (unpaired) electrons. The Labute approximate surface area is 211 Å². The lowest BCUT2D eigenvalue weighted by molar-refractivity contribution is -0.119. The van der Waals surface area contributed by atoms with Crippen LogP contribution in [0.1, 0.15) is 68.5 Å². The van der Waals surface area contributed by atoms with E-state index in [1.165, 1.54) is 6.07 Å². The van der Waals surface area contributed by atoms with Crippen molar-refractivity contribution in [2.24, 2.45) is 0 Å². The van der Waals surface area contributed by atoms with Crippen molar-refractivity contribution < 1.29 is 14.0 Å². The second-order valence-corrected chi connectivity index (χ2v) is 9.62. The molecule has 0 saturated heterocycles. The summed E-state index contributed by atoms with van der Waals surface area (Å²) in [6.45, 7) is 2.10. The van der Waals surface area contributed by atoms with E-state index in [4.69, 9.17) is 0 Å². The number of hydrogen-bond acceptors (Lipinski definition) is 3. The highest BCUT2D eigenvalue weighted by Crippen LogP contribution is 2.48. The van der Waals surface area contributed by atoms with Crippen molar-refractivity contribution in [1.82, 2.24) is 0 Å². The van der Waals surface area contributed by atoms with Crippen molar-refractivity contribution in [3.05, 3.63) is 107 Å². The Balaban J connectivity index is 1.68. The van der Waals surface area contributed by atoms with Crippen molar-refractivity contribution in [2.45, 2.75) is 57.4 Å². The average molecular weight is 483 g/mol. The third kappa shape index (κ3) is 4.58. The van der Waals surface area contributed by atoms with Crippen LogP contribution < -0.4 is 10.2 Å². The molecule has 0 aromatic heterocycles. The van der Waals surface area contributed by atoms with Gasteiger partial charge in [0.25, 0.3) is 0 Å². The fraction of sp³-hybridized carbons (Fsp3) is 0.290. The van der Waals surface area contributed by atoms with Crippen LogP contribution in [-0.2, 0) is 9.59 Å². The van der Waals surface area contributed by atoms with Crippen molar-refractivity contribution >= 4 is 23.1 Å². The molecule has 1 aliphatic heterocycles. The van der Waals surface area contributed by atoms with E-state index in [1.807, 2.05) is 54.6 Å². The Morgan fingerprint density at radius 3 is 2.44 bits per heavy atom. The van der Waals surface area contributed by atoms with Gasteiger partial charge in [-0.1, -0.05) is 80.4 Å². The molecular weight excluding hydrogens is 451 g/mol. The minimum atomic E-state index is -0.823. The van der Waals surface area contributed by atoms with E-state index >= 15 is 4.39 Å². The Hall–Kier alpha value is -3.73. The summed E-state index contributed by atoms with van der Waals surface area (Å²) in [6, 6.07) is 23.3. The monoisotopic (exact) mass is 482 g/mol. The van der Waals surface area contributed by atoms with Gasteiger partial charge in [-0.15, -0.1) is 0 Å². The number of carbonyl (C=O) groups excluding carboxylic acids is 2. The molecule has 1 aliphatic carbocycles. The van der Waals surface area contributed by atoms with Crippen LogP contribution in [0, 0.1) is 5.82 Å². The number of amides is 1. The van der Waals surface area contributed by atoms with E-state index in [9.17, 15) is 9.59 Å². The molecule has 3 aromatic carbocycles. The van der Waals surface area contributed by atoms with Gasteiger partial charge in [0.15, 0.2) is 5.78 Å². The zero-order valence-electron chi connectivity index (χ0n) is 20.5. The van der Waals surface area contributed by atoms with E-state index in [0.29, 0.717) is 36.1 Å². The number of ketones is 1. The number of hydrogen-bond donors (Lipinski definition) is 1. The molecule has 1 heterocycles. The Kier molecular flexibility index (Phi) is 6.99. The number of rotatable bonds is 6. The van der Waals surface area contributed by atoms with Gasteiger partial charge < -0.3 is 5.32 Å². The van der Waals surface area contributed by atoms with Crippen molar-refractivity contribution in [1.29, 1.82) is 0 Å². The largest absolute Gasteiger partial charge is 0.357 e. The first kappa shape index (κ1) is 24.0. The van der Waals surface area contributed by atoms with Gasteiger partial charge in [-0.05, 0) is 42.5 Å². The summed E-state index contributed by atoms with van der Waals surface area (Å²) in [5.41, 5.74) is 4.14. The van der Waals surface area contributed by atoms with Crippen LogP contribution in [0.25, 0.3) is 0 Å². The number of halogens is 1. The maximum Gasteiger partial charge on any atom is 0.227 e. The predicted octanol–water partition coefficient (Wildman–Crippen LogP) is 7.31. The smallest absolute Gasteiger partial charge is 0.227 e. The fourth-order valence-corrected chi connectivity index (χ4v) is 5.46. The summed E-state index contributed by atoms with van der Waals surface area (Å²) in [7, 11) is 0. The molecule has 36 heavy (non-hydrogen) atoms. The average Bonchev–Trinajstić information content (AvgIpc) is 3.04. The van der Waals surface area contributed by atoms with Gasteiger partial charge in [0.1, 0.15) is 5.82 Å². The molecule has 0 spiro atoms. The first-order chi connectivity index (χ1) is 17.6. The SMILES string of the molecule is CCCCCC(=O)N1c2ccccc2NC2=C(C(=O)C[C@H](c3ccccc3)C2)[C@H]1c1ccccc1F. The van der Waals surface area contributed by atoms with Crippen LogP contribution in [0.4, 0.5) is 15.8 Å². The van der Waals surface area contributed by atoms with Crippen molar-refractivity contribution in [2.75, 3.05) is 10.2 Å². The molecule has 2 aliphatic rings. The number of Topliss-reactive ketones (excluding diaryl/α,β-unsaturated/α-hetero) is 1. The van der Waals surface area contributed by atoms with Crippen molar-refractivity contribution in [3.63, 3.8) is 0 Å². The zero-order valence-corrected chi connectivity index (χ0v) is 20.5. The van der Waals surface area contributed by atoms with E-state index in [0.717, 1.165) is 36.2 Å². The van der Waals surface area contributed by atoms with Crippen LogP contribution in [-0.4, -0.2) is 11.7 Å². The fourth-order valence-electron chi connectivity index (χ4n) is 5.46. The maximum absolute atomic E-state index is 15.4. The number of allylic oxidation sites excluding steroid dienone is 1. The summed E-state index contributed by atoms with van der Waals surface area (Å²) < 4.78 is 15.4. The summed E-state index contributed by atoms with van der Waals surface area (Å²) in [4.78, 5) is 29.3. The van der Waals surface area contributed by atoms with Crippen LogP contribution >= 0.6 is 0 Å². The van der Waals surface area contributed by atoms with E-state index in [2.05, 4.69) is 12.2 Å². The standard InChI is InChI=1S/C31H31FN2O2/c1-2-3-5-18-29(36)34-27-17-11-10-16-25(27)33-26-19-22(21-12-6-4-7-13-21)20-28(35)30(26)31(34)23-14-8-9-15-24(23)32/h4,6-17,22,31,33H,2-3,5,18-20H2,1H3/t22-,31-/m1/s1. The molecule has 0 unspecified atom stereocenters. The number of nitrogens with one attached hydrogen (secondary N) is 1.